The van der Waals surface area contributed by atoms with Gasteiger partial charge in [0.2, 0.25) is 0 Å². The number of rotatable bonds is 5. The number of hydrogen-bond donors (Lipinski definition) is 0. The first-order chi connectivity index (χ1) is 16.5. The third kappa shape index (κ3) is 4.08. The van der Waals surface area contributed by atoms with Crippen LogP contribution in [0.3, 0.4) is 0 Å². The molecule has 1 aliphatic heterocycles. The van der Waals surface area contributed by atoms with Gasteiger partial charge in [0.05, 0.1) is 47.5 Å². The largest absolute Gasteiger partial charge is 0.405 e. The van der Waals surface area contributed by atoms with Gasteiger partial charge in [-0.15, -0.1) is 0 Å². The van der Waals surface area contributed by atoms with Crippen molar-refractivity contribution in [1.29, 1.82) is 0 Å². The highest BCUT2D eigenvalue weighted by Gasteiger charge is 2.57. The Hall–Kier alpha value is -0.991. The van der Waals surface area contributed by atoms with Crippen LogP contribution in [-0.4, -0.2) is 104 Å². The molecule has 1 saturated heterocycles. The Morgan fingerprint density at radius 2 is 1.53 bits per heavy atom. The Kier molecular flexibility index (Phi) is 7.04. The first-order valence-corrected chi connectivity index (χ1v) is 13.0. The number of nitrogens with zero attached hydrogens (tertiary/aromatic N) is 5. The van der Waals surface area contributed by atoms with Crippen molar-refractivity contribution in [1.82, 2.24) is 19.6 Å². The average molecular weight is 543 g/mol. The molecule has 0 atom stereocenters. The van der Waals surface area contributed by atoms with E-state index < -0.39 is 21.5 Å². The molecule has 36 heavy (non-hydrogen) atoms. The van der Waals surface area contributed by atoms with E-state index in [0.29, 0.717) is 21.0 Å². The van der Waals surface area contributed by atoms with Gasteiger partial charge in [-0.2, -0.15) is 5.10 Å². The van der Waals surface area contributed by atoms with E-state index in [4.69, 9.17) is 77.6 Å². The molecule has 3 aromatic rings. The van der Waals surface area contributed by atoms with Crippen LogP contribution in [0.15, 0.2) is 10.7 Å². The van der Waals surface area contributed by atoms with Crippen molar-refractivity contribution in [2.45, 2.75) is 67.9 Å². The molecule has 0 saturated carbocycles. The van der Waals surface area contributed by atoms with Crippen LogP contribution >= 0.6 is 27.3 Å². The molecule has 0 N–H and O–H groups in total. The Balaban J connectivity index is 1.94. The van der Waals surface area contributed by atoms with Crippen molar-refractivity contribution in [3.8, 4) is 10.4 Å². The molecule has 4 heterocycles. The topological polar surface area (TPSA) is 55.5 Å². The first-order valence-electron chi connectivity index (χ1n) is 11.3. The van der Waals surface area contributed by atoms with Gasteiger partial charge in [-0.25, -0.2) is 14.5 Å². The maximum absolute atomic E-state index is 6.31. The number of fused-ring (bicyclic) bond motifs is 1. The molecule has 16 heteroatoms. The lowest BCUT2D eigenvalue weighted by atomic mass is 9.30. The molecule has 4 rings (SSSR count). The summed E-state index contributed by atoms with van der Waals surface area (Å²) >= 11 is 4.71. The predicted molar refractivity (Wildman–Crippen MR) is 155 cm³/mol. The minimum atomic E-state index is -2.24. The van der Waals surface area contributed by atoms with Crippen molar-refractivity contribution in [2.24, 2.45) is 0 Å². The smallest absolute Gasteiger partial charge is 0.185 e. The average Bonchev–Trinajstić information content (AvgIpc) is 3.25. The zero-order valence-electron chi connectivity index (χ0n) is 20.6. The predicted octanol–water partition coefficient (Wildman–Crippen LogP) is 0.936. The molecule has 0 amide bonds. The van der Waals surface area contributed by atoms with Crippen LogP contribution in [-0.2, 0) is 4.74 Å². The third-order valence-corrected chi connectivity index (χ3v) is 8.54. The van der Waals surface area contributed by atoms with Crippen LogP contribution in [0.4, 0.5) is 5.13 Å². The number of halogens is 1. The van der Waals surface area contributed by atoms with E-state index in [2.05, 4.69) is 40.8 Å². The van der Waals surface area contributed by atoms with E-state index in [-0.39, 0.29) is 5.13 Å². The van der Waals surface area contributed by atoms with Gasteiger partial charge >= 0.3 is 0 Å². The van der Waals surface area contributed by atoms with E-state index in [1.807, 2.05) is 18.4 Å². The molecular formula is C20H18B8BrN5OS. The monoisotopic (exact) mass is 543 g/mol. The molecule has 16 radical (unpaired) electrons. The summed E-state index contributed by atoms with van der Waals surface area (Å²) in [5, 5.41) is -3.81. The maximum atomic E-state index is 6.31. The number of hydrogen-bond acceptors (Lipinski definition) is 6. The van der Waals surface area contributed by atoms with Crippen LogP contribution in [0.25, 0.3) is 16.1 Å². The first kappa shape index (κ1) is 28.0. The van der Waals surface area contributed by atoms with Gasteiger partial charge in [0.15, 0.2) is 10.8 Å². The number of morpholine rings is 1. The molecule has 1 fully saturated rings. The fraction of sp³-hybridized carbons (Fsp3) is 0.550. The number of ether oxygens (including phenoxy) is 1. The van der Waals surface area contributed by atoms with E-state index in [0.717, 1.165) is 40.4 Å². The van der Waals surface area contributed by atoms with Gasteiger partial charge in [-0.05, 0) is 70.2 Å². The zero-order valence-corrected chi connectivity index (χ0v) is 23.0. The number of aromatic nitrogens is 4. The minimum Gasteiger partial charge on any atom is -0.405 e. The summed E-state index contributed by atoms with van der Waals surface area (Å²) in [7, 11) is 49.4. The van der Waals surface area contributed by atoms with Gasteiger partial charge in [-0.3, -0.25) is 0 Å². The maximum Gasteiger partial charge on any atom is 0.185 e. The van der Waals surface area contributed by atoms with Crippen LogP contribution in [0.1, 0.15) is 49.7 Å². The van der Waals surface area contributed by atoms with Gasteiger partial charge in [0.1, 0.15) is 36.0 Å². The summed E-state index contributed by atoms with van der Waals surface area (Å²) in [6.07, 6.45) is 1.94. The van der Waals surface area contributed by atoms with Gasteiger partial charge in [0.25, 0.3) is 0 Å². The summed E-state index contributed by atoms with van der Waals surface area (Å²) in [6.45, 7) is 8.17. The van der Waals surface area contributed by atoms with Gasteiger partial charge in [-0.1, -0.05) is 25.2 Å². The van der Waals surface area contributed by atoms with Crippen molar-refractivity contribution >= 4 is 101 Å². The van der Waals surface area contributed by atoms with Crippen LogP contribution in [0.2, 0.25) is 0 Å². The Morgan fingerprint density at radius 1 is 0.972 bits per heavy atom. The lowest BCUT2D eigenvalue weighted by Crippen LogP contribution is -2.86. The second kappa shape index (κ2) is 9.04. The number of thiazole rings is 1. The molecule has 6 nitrogen and oxygen atoms in total. The molecule has 0 bridgehead atoms. The lowest BCUT2D eigenvalue weighted by molar-refractivity contribution is -0.0253. The molecular weight excluding hydrogens is 525 g/mol. The summed E-state index contributed by atoms with van der Waals surface area (Å²) in [5.41, 5.74) is 4.16. The minimum absolute atomic E-state index is 0.155. The van der Waals surface area contributed by atoms with Gasteiger partial charge < -0.3 is 9.64 Å². The van der Waals surface area contributed by atoms with Crippen LogP contribution in [0, 0.1) is 13.8 Å². The Labute approximate surface area is 235 Å². The van der Waals surface area contributed by atoms with E-state index in [1.54, 1.807) is 0 Å². The molecule has 3 aromatic heterocycles. The SMILES string of the molecule is [B]C1([B])OC([B])([B])C([B])([B])N(c2nc(Br)c(-c3c(C)nn4c(C(CC)CC)cc(C)nc34)s2)C1([B])[B]. The number of aryl methyl sites for hydroxylation is 2. The quantitative estimate of drug-likeness (QED) is 0.449. The molecule has 1 aliphatic rings. The number of anilines is 1. The summed E-state index contributed by atoms with van der Waals surface area (Å²) in [6, 6.07) is 2.07. The Morgan fingerprint density at radius 3 is 2.06 bits per heavy atom. The highest BCUT2D eigenvalue weighted by atomic mass is 79.9. The van der Waals surface area contributed by atoms with Crippen molar-refractivity contribution in [3.05, 3.63) is 27.8 Å². The van der Waals surface area contributed by atoms with Crippen molar-refractivity contribution < 1.29 is 4.74 Å². The Bertz CT molecular complexity index is 1300. The second-order valence-electron chi connectivity index (χ2n) is 9.32. The van der Waals surface area contributed by atoms with Crippen molar-refractivity contribution in [2.75, 3.05) is 4.90 Å². The lowest BCUT2D eigenvalue weighted by Gasteiger charge is -2.70. The molecule has 166 valence electrons. The van der Waals surface area contributed by atoms with E-state index in [1.165, 1.54) is 11.3 Å². The van der Waals surface area contributed by atoms with E-state index in [9.17, 15) is 0 Å². The van der Waals surface area contributed by atoms with Crippen molar-refractivity contribution in [3.63, 3.8) is 0 Å². The summed E-state index contributed by atoms with van der Waals surface area (Å²) < 4.78 is 7.65. The molecule has 0 aliphatic carbocycles. The normalized spacial score (nSPS) is 20.2. The van der Waals surface area contributed by atoms with Crippen LogP contribution in [0.5, 0.6) is 0 Å². The fourth-order valence-electron chi connectivity index (χ4n) is 4.49. The zero-order chi connectivity index (χ0) is 27.0. The molecule has 0 spiro atoms. The fourth-order valence-corrected chi connectivity index (χ4v) is 6.40. The standard InChI is InChI=1S/C20H18B8BrN5OS/c1-5-10(6-2)11-7-8(3)30-15-12(9(4)32-33(11)15)13-14(29)31-16(36-13)34-17(21,22)19(25,26)35-20(27,28)18(34,23)24/h7,10H,5-6H2,1-4H3. The molecule has 0 aromatic carbocycles. The summed E-state index contributed by atoms with van der Waals surface area (Å²) in [5.74, 6) is 0.324. The molecule has 0 unspecified atom stereocenters. The highest BCUT2D eigenvalue weighted by Crippen LogP contribution is 2.48. The van der Waals surface area contributed by atoms with Gasteiger partial charge in [0, 0.05) is 17.3 Å². The third-order valence-electron chi connectivity index (χ3n) is 6.65. The summed E-state index contributed by atoms with van der Waals surface area (Å²) in [4.78, 5) is 11.1. The van der Waals surface area contributed by atoms with Crippen LogP contribution < -0.4 is 4.90 Å². The van der Waals surface area contributed by atoms with E-state index >= 15 is 0 Å². The highest BCUT2D eigenvalue weighted by molar-refractivity contribution is 9.10. The second-order valence-corrected chi connectivity index (χ2v) is 11.1.